The Bertz CT molecular complexity index is 1100. The SMILES string of the molecule is CCn1c(CS(=O)(=O)c2ccc(C)cc2)nnc1SCC(=O)NCc1ccccc1. The number of hydrogen-bond donors (Lipinski definition) is 1. The number of amides is 1. The lowest BCUT2D eigenvalue weighted by Gasteiger charge is -2.09. The number of carbonyl (C=O) groups excluding carboxylic acids is 1. The van der Waals surface area contributed by atoms with Crippen LogP contribution in [0.3, 0.4) is 0 Å². The first-order valence-corrected chi connectivity index (χ1v) is 12.2. The molecule has 1 aromatic heterocycles. The van der Waals surface area contributed by atoms with Crippen LogP contribution in [0.4, 0.5) is 0 Å². The smallest absolute Gasteiger partial charge is 0.230 e. The van der Waals surface area contributed by atoms with Crippen LogP contribution in [0, 0.1) is 6.92 Å². The maximum Gasteiger partial charge on any atom is 0.230 e. The number of carbonyl (C=O) groups is 1. The Morgan fingerprint density at radius 2 is 1.77 bits per heavy atom. The molecular formula is C21H24N4O3S2. The molecule has 0 saturated carbocycles. The average molecular weight is 445 g/mol. The number of rotatable bonds is 9. The summed E-state index contributed by atoms with van der Waals surface area (Å²) in [5.41, 5.74) is 2.02. The molecule has 0 unspecified atom stereocenters. The molecule has 0 atom stereocenters. The van der Waals surface area contributed by atoms with Crippen LogP contribution in [0.25, 0.3) is 0 Å². The van der Waals surface area contributed by atoms with Gasteiger partial charge >= 0.3 is 0 Å². The van der Waals surface area contributed by atoms with Crippen LogP contribution >= 0.6 is 11.8 Å². The molecule has 0 aliphatic carbocycles. The van der Waals surface area contributed by atoms with E-state index in [1.165, 1.54) is 11.8 Å². The fourth-order valence-corrected chi connectivity index (χ4v) is 4.95. The number of aryl methyl sites for hydroxylation is 1. The Morgan fingerprint density at radius 1 is 1.07 bits per heavy atom. The molecule has 3 rings (SSSR count). The lowest BCUT2D eigenvalue weighted by atomic mass is 10.2. The van der Waals surface area contributed by atoms with Crippen LogP contribution in [0.2, 0.25) is 0 Å². The van der Waals surface area contributed by atoms with E-state index in [1.54, 1.807) is 28.8 Å². The van der Waals surface area contributed by atoms with E-state index >= 15 is 0 Å². The summed E-state index contributed by atoms with van der Waals surface area (Å²) >= 11 is 1.24. The van der Waals surface area contributed by atoms with E-state index in [1.807, 2.05) is 44.2 Å². The standard InChI is InChI=1S/C21H24N4O3S2/c1-3-25-19(15-30(27,28)18-11-9-16(2)10-12-18)23-24-21(25)29-14-20(26)22-13-17-7-5-4-6-8-17/h4-12H,3,13-15H2,1-2H3,(H,22,26). The minimum Gasteiger partial charge on any atom is -0.351 e. The highest BCUT2D eigenvalue weighted by Crippen LogP contribution is 2.21. The molecule has 0 aliphatic heterocycles. The van der Waals surface area contributed by atoms with Crippen molar-refractivity contribution in [3.05, 3.63) is 71.5 Å². The van der Waals surface area contributed by atoms with Crippen LogP contribution < -0.4 is 5.32 Å². The Balaban J connectivity index is 1.62. The number of sulfone groups is 1. The number of hydrogen-bond acceptors (Lipinski definition) is 6. The first-order valence-electron chi connectivity index (χ1n) is 9.54. The van der Waals surface area contributed by atoms with E-state index in [-0.39, 0.29) is 22.3 Å². The maximum atomic E-state index is 12.7. The van der Waals surface area contributed by atoms with Gasteiger partial charge in [-0.1, -0.05) is 59.8 Å². The molecule has 1 heterocycles. The summed E-state index contributed by atoms with van der Waals surface area (Å²) in [6.45, 7) is 4.77. The van der Waals surface area contributed by atoms with Gasteiger partial charge < -0.3 is 9.88 Å². The Labute approximate surface area is 180 Å². The third-order valence-corrected chi connectivity index (χ3v) is 7.07. The summed E-state index contributed by atoms with van der Waals surface area (Å²) in [7, 11) is -3.53. The Kier molecular flexibility index (Phi) is 7.28. The van der Waals surface area contributed by atoms with Gasteiger partial charge in [0.25, 0.3) is 0 Å². The summed E-state index contributed by atoms with van der Waals surface area (Å²) in [5.74, 6) is 0.182. The molecule has 0 fully saturated rings. The maximum absolute atomic E-state index is 12.7. The van der Waals surface area contributed by atoms with Crippen LogP contribution in [-0.2, 0) is 33.5 Å². The minimum absolute atomic E-state index is 0.122. The number of aromatic nitrogens is 3. The topological polar surface area (TPSA) is 93.9 Å². The zero-order chi connectivity index (χ0) is 21.6. The minimum atomic E-state index is -3.53. The van der Waals surface area contributed by atoms with E-state index in [0.717, 1.165) is 11.1 Å². The van der Waals surface area contributed by atoms with Crippen molar-refractivity contribution >= 4 is 27.5 Å². The van der Waals surface area contributed by atoms with Crippen LogP contribution in [0.1, 0.15) is 23.9 Å². The van der Waals surface area contributed by atoms with Crippen LogP contribution in [0.15, 0.2) is 64.6 Å². The number of nitrogens with one attached hydrogen (secondary N) is 1. The molecule has 0 radical (unpaired) electrons. The quantitative estimate of drug-likeness (QED) is 0.510. The van der Waals surface area contributed by atoms with Crippen LogP contribution in [0.5, 0.6) is 0 Å². The summed E-state index contributed by atoms with van der Waals surface area (Å²) in [6, 6.07) is 16.4. The number of nitrogens with zero attached hydrogens (tertiary/aromatic N) is 3. The van der Waals surface area contributed by atoms with Gasteiger partial charge in [-0.05, 0) is 31.5 Å². The third kappa shape index (κ3) is 5.70. The van der Waals surface area contributed by atoms with Gasteiger partial charge in [-0.25, -0.2) is 8.42 Å². The summed E-state index contributed by atoms with van der Waals surface area (Å²) in [6.07, 6.45) is 0. The fourth-order valence-electron chi connectivity index (χ4n) is 2.83. The molecule has 0 spiro atoms. The summed E-state index contributed by atoms with van der Waals surface area (Å²) in [5, 5.41) is 11.6. The summed E-state index contributed by atoms with van der Waals surface area (Å²) < 4.78 is 27.2. The largest absolute Gasteiger partial charge is 0.351 e. The van der Waals surface area contributed by atoms with Gasteiger partial charge in [-0.3, -0.25) is 4.79 Å². The predicted octanol–water partition coefficient (Wildman–Crippen LogP) is 2.99. The van der Waals surface area contributed by atoms with E-state index in [9.17, 15) is 13.2 Å². The molecule has 9 heteroatoms. The molecule has 0 bridgehead atoms. The van der Waals surface area contributed by atoms with Gasteiger partial charge in [0.15, 0.2) is 15.0 Å². The fraction of sp³-hybridized carbons (Fsp3) is 0.286. The highest BCUT2D eigenvalue weighted by molar-refractivity contribution is 7.99. The molecule has 1 N–H and O–H groups in total. The predicted molar refractivity (Wildman–Crippen MR) is 117 cm³/mol. The monoisotopic (exact) mass is 444 g/mol. The molecule has 30 heavy (non-hydrogen) atoms. The van der Waals surface area contributed by atoms with Gasteiger partial charge in [-0.15, -0.1) is 10.2 Å². The van der Waals surface area contributed by atoms with Gasteiger partial charge in [0.05, 0.1) is 10.6 Å². The van der Waals surface area contributed by atoms with Crippen molar-refractivity contribution in [3.8, 4) is 0 Å². The normalized spacial score (nSPS) is 11.4. The van der Waals surface area contributed by atoms with Crippen molar-refractivity contribution < 1.29 is 13.2 Å². The third-order valence-electron chi connectivity index (χ3n) is 4.47. The van der Waals surface area contributed by atoms with Gasteiger partial charge in [-0.2, -0.15) is 0 Å². The van der Waals surface area contributed by atoms with Crippen molar-refractivity contribution in [2.24, 2.45) is 0 Å². The van der Waals surface area contributed by atoms with E-state index < -0.39 is 9.84 Å². The van der Waals surface area contributed by atoms with Crippen LogP contribution in [-0.4, -0.2) is 34.8 Å². The van der Waals surface area contributed by atoms with Crippen molar-refractivity contribution in [2.75, 3.05) is 5.75 Å². The number of benzene rings is 2. The first-order chi connectivity index (χ1) is 14.4. The van der Waals surface area contributed by atoms with Crippen molar-refractivity contribution in [2.45, 2.75) is 42.7 Å². The molecule has 0 aliphatic rings. The second kappa shape index (κ2) is 9.90. The Morgan fingerprint density at radius 3 is 2.43 bits per heavy atom. The van der Waals surface area contributed by atoms with E-state index in [0.29, 0.717) is 24.1 Å². The molecule has 3 aromatic rings. The lowest BCUT2D eigenvalue weighted by Crippen LogP contribution is -2.24. The summed E-state index contributed by atoms with van der Waals surface area (Å²) in [4.78, 5) is 12.4. The molecule has 7 nitrogen and oxygen atoms in total. The first kappa shape index (κ1) is 22.0. The van der Waals surface area contributed by atoms with Crippen molar-refractivity contribution in [1.29, 1.82) is 0 Å². The molecule has 1 amide bonds. The molecule has 0 saturated heterocycles. The van der Waals surface area contributed by atoms with Gasteiger partial charge in [0.2, 0.25) is 5.91 Å². The second-order valence-corrected chi connectivity index (χ2v) is 9.70. The van der Waals surface area contributed by atoms with Crippen molar-refractivity contribution in [1.82, 2.24) is 20.1 Å². The van der Waals surface area contributed by atoms with Crippen molar-refractivity contribution in [3.63, 3.8) is 0 Å². The molecule has 2 aromatic carbocycles. The average Bonchev–Trinajstić information content (AvgIpc) is 3.12. The molecular weight excluding hydrogens is 420 g/mol. The van der Waals surface area contributed by atoms with E-state index in [4.69, 9.17) is 0 Å². The second-order valence-electron chi connectivity index (χ2n) is 6.77. The lowest BCUT2D eigenvalue weighted by molar-refractivity contribution is -0.118. The number of thioether (sulfide) groups is 1. The van der Waals surface area contributed by atoms with Gasteiger partial charge in [0.1, 0.15) is 11.6 Å². The zero-order valence-corrected chi connectivity index (χ0v) is 18.5. The van der Waals surface area contributed by atoms with Gasteiger partial charge in [0, 0.05) is 13.1 Å². The zero-order valence-electron chi connectivity index (χ0n) is 16.9. The van der Waals surface area contributed by atoms with E-state index in [2.05, 4.69) is 15.5 Å². The highest BCUT2D eigenvalue weighted by atomic mass is 32.2. The Hall–Kier alpha value is -2.65. The molecule has 158 valence electrons. The highest BCUT2D eigenvalue weighted by Gasteiger charge is 2.21.